The van der Waals surface area contributed by atoms with E-state index in [1.54, 1.807) is 27.7 Å². The van der Waals surface area contributed by atoms with Crippen LogP contribution in [-0.2, 0) is 114 Å². The van der Waals surface area contributed by atoms with E-state index in [0.717, 1.165) is 25.7 Å². The van der Waals surface area contributed by atoms with Gasteiger partial charge >= 0.3 is 65.7 Å². The Bertz CT molecular complexity index is 2620. The Hall–Kier alpha value is -5.91. The summed E-state index contributed by atoms with van der Waals surface area (Å²) in [6.45, 7) is 23.0. The van der Waals surface area contributed by atoms with Gasteiger partial charge in [-0.3, -0.25) is 43.2 Å². The number of rotatable bonds is 19. The van der Waals surface area contributed by atoms with E-state index in [2.05, 4.69) is 0 Å². The first-order valence-corrected chi connectivity index (χ1v) is 30.8. The number of fused-ring (bicyclic) bond motifs is 4. The third kappa shape index (κ3) is 12.2. The van der Waals surface area contributed by atoms with Crippen LogP contribution in [0.15, 0.2) is 0 Å². The molecule has 0 spiro atoms. The highest BCUT2D eigenvalue weighted by Gasteiger charge is 2.72. The zero-order valence-electron chi connectivity index (χ0n) is 51.7. The summed E-state index contributed by atoms with van der Waals surface area (Å²) in [6, 6.07) is 0. The Kier molecular flexibility index (Phi) is 18.2. The lowest BCUT2D eigenvalue weighted by Crippen LogP contribution is -2.52. The van der Waals surface area contributed by atoms with Crippen LogP contribution in [0.5, 0.6) is 0 Å². The molecule has 0 amide bonds. The van der Waals surface area contributed by atoms with Gasteiger partial charge in [-0.2, -0.15) is 0 Å². The molecular weight excluding hydrogens is 1130 g/mol. The molecule has 8 saturated heterocycles. The zero-order valence-corrected chi connectivity index (χ0v) is 51.7. The maximum atomic E-state index is 12.3. The fourth-order valence-corrected chi connectivity index (χ4v) is 13.7. The van der Waals surface area contributed by atoms with Crippen molar-refractivity contribution in [1.29, 1.82) is 0 Å². The van der Waals surface area contributed by atoms with Crippen molar-refractivity contribution in [3.05, 3.63) is 0 Å². The van der Waals surface area contributed by atoms with Crippen LogP contribution < -0.4 is 0 Å². The van der Waals surface area contributed by atoms with Gasteiger partial charge in [0.1, 0.15) is 49.3 Å². The predicted molar refractivity (Wildman–Crippen MR) is 290 cm³/mol. The Morgan fingerprint density at radius 2 is 0.872 bits per heavy atom. The fraction of sp³-hybridized carbons (Fsp3) is 0.823. The van der Waals surface area contributed by atoms with Crippen LogP contribution in [0, 0.1) is 69.0 Å². The second-order valence-corrected chi connectivity index (χ2v) is 27.9. The summed E-state index contributed by atoms with van der Waals surface area (Å²) in [5.74, 6) is -3.40. The molecular formula is C62H86O24. The molecule has 478 valence electrons. The molecule has 12 rings (SSSR count). The Balaban J connectivity index is 0.000000137. The Morgan fingerprint density at radius 1 is 0.453 bits per heavy atom. The predicted octanol–water partition coefficient (Wildman–Crippen LogP) is 5.34. The molecule has 12 aliphatic rings. The summed E-state index contributed by atoms with van der Waals surface area (Å²) in [5, 5.41) is 0. The highest BCUT2D eigenvalue weighted by atomic mass is 16.7. The lowest BCUT2D eigenvalue weighted by Gasteiger charge is -2.36. The van der Waals surface area contributed by atoms with Gasteiger partial charge in [0, 0.05) is 23.7 Å². The Labute approximate surface area is 500 Å². The highest BCUT2D eigenvalue weighted by Crippen LogP contribution is 2.57. The molecule has 24 heteroatoms. The number of carbonyl (C=O) groups is 11. The molecule has 0 aromatic heterocycles. The van der Waals surface area contributed by atoms with Crippen molar-refractivity contribution < 1.29 is 114 Å². The summed E-state index contributed by atoms with van der Waals surface area (Å²) in [6.07, 6.45) is 3.12. The van der Waals surface area contributed by atoms with Gasteiger partial charge in [0.25, 0.3) is 0 Å². The first-order valence-electron chi connectivity index (χ1n) is 30.8. The molecule has 8 heterocycles. The van der Waals surface area contributed by atoms with Gasteiger partial charge in [-0.1, -0.05) is 27.7 Å². The number of hydrogen-bond acceptors (Lipinski definition) is 24. The van der Waals surface area contributed by atoms with Gasteiger partial charge in [-0.15, -0.1) is 0 Å². The zero-order chi connectivity index (χ0) is 62.9. The minimum absolute atomic E-state index is 0.00636. The van der Waals surface area contributed by atoms with E-state index in [9.17, 15) is 52.7 Å². The topological polar surface area (TPSA) is 308 Å². The van der Waals surface area contributed by atoms with Gasteiger partial charge in [-0.05, 0) is 127 Å². The van der Waals surface area contributed by atoms with Gasteiger partial charge in [0.2, 0.25) is 0 Å². The minimum Gasteiger partial charge on any atom is -0.465 e. The molecule has 8 aliphatic heterocycles. The molecule has 4 saturated carbocycles. The lowest BCUT2D eigenvalue weighted by atomic mass is 9.79. The minimum atomic E-state index is -0.836. The first-order chi connectivity index (χ1) is 40.3. The fourth-order valence-electron chi connectivity index (χ4n) is 13.7. The summed E-state index contributed by atoms with van der Waals surface area (Å²) in [5.41, 5.74) is -3.16. The summed E-state index contributed by atoms with van der Waals surface area (Å²) < 4.78 is 69.8. The van der Waals surface area contributed by atoms with Crippen LogP contribution in [0.25, 0.3) is 0 Å². The normalized spacial score (nSPS) is 36.9. The third-order valence-corrected chi connectivity index (χ3v) is 20.9. The van der Waals surface area contributed by atoms with Crippen molar-refractivity contribution in [2.45, 2.75) is 233 Å². The Morgan fingerprint density at radius 3 is 1.37 bits per heavy atom. The van der Waals surface area contributed by atoms with E-state index in [-0.39, 0.29) is 152 Å². The van der Waals surface area contributed by atoms with Crippen molar-refractivity contribution in [1.82, 2.24) is 0 Å². The van der Waals surface area contributed by atoms with Crippen LogP contribution in [0.3, 0.4) is 0 Å². The van der Waals surface area contributed by atoms with Crippen LogP contribution in [0.1, 0.15) is 161 Å². The molecule has 12 fully saturated rings. The van der Waals surface area contributed by atoms with Gasteiger partial charge in [0.15, 0.2) is 37.1 Å². The maximum Gasteiger partial charge on any atom is 0.344 e. The number of ether oxygens (including phenoxy) is 13. The second-order valence-electron chi connectivity index (χ2n) is 27.9. The number of hydrogen-bond donors (Lipinski definition) is 0. The smallest absolute Gasteiger partial charge is 0.344 e. The van der Waals surface area contributed by atoms with Crippen LogP contribution in [0.4, 0.5) is 0 Å². The van der Waals surface area contributed by atoms with E-state index in [0.29, 0.717) is 38.5 Å². The highest BCUT2D eigenvalue weighted by molar-refractivity contribution is 5.83. The molecule has 86 heavy (non-hydrogen) atoms. The monoisotopic (exact) mass is 1210 g/mol. The molecule has 0 radical (unpaired) electrons. The van der Waals surface area contributed by atoms with Crippen molar-refractivity contribution >= 4 is 65.7 Å². The van der Waals surface area contributed by atoms with Crippen molar-refractivity contribution in [2.24, 2.45) is 69.0 Å². The SMILES string of the molecule is CCC(C)(C)C(=O)OC1(C)C2CC3C(=O)OC1C3O2.CCC(C)(C)C(=O)OCC(=O)OC1C2CC3C(=O)OC1C3C2.CCC(C)(C)C(=O)OCC(=O)OC1C2CC3C(=O)OC1C3O2.CCC(C)(C)C(=O)OCCC(=O)OC1C2CC3C(=O)OC1C3C2. The standard InChI is InChI=1S/C17H24O6.C16H22O6.C15H20O7.C14H20O5/c1-4-17(2,3)16(20)21-6-5-12(18)22-13-9-7-10-11(8-9)15(19)23-14(10)13;1-4-16(2,3)15(19)20-7-11(17)21-12-8-5-9-10(6-8)14(18)22-13(9)12;1-4-15(2,3)14(18)19-6-9(16)21-11-8-5-7-10(20-8)12(11)22-13(7)17;1-5-13(2,3)12(16)19-14(4)8-6-7-9(17-8)10(14)18-11(7)15/h9-11,13-14H,4-8H2,1-3H3;8-10,12-13H,4-7H2,1-3H3;7-8,10-12H,4-6H2,1-3H3;7-10H,5-6H2,1-4H3. The van der Waals surface area contributed by atoms with Crippen molar-refractivity contribution in [3.63, 3.8) is 0 Å². The molecule has 20 unspecified atom stereocenters. The number of carbonyl (C=O) groups excluding carboxylic acids is 11. The van der Waals surface area contributed by atoms with E-state index in [1.165, 1.54) is 0 Å². The van der Waals surface area contributed by atoms with Crippen molar-refractivity contribution in [2.75, 3.05) is 19.8 Å². The van der Waals surface area contributed by atoms with Gasteiger partial charge < -0.3 is 61.6 Å². The van der Waals surface area contributed by atoms with Gasteiger partial charge in [0.05, 0.1) is 57.9 Å². The second kappa shape index (κ2) is 24.2. The van der Waals surface area contributed by atoms with E-state index in [4.69, 9.17) is 61.6 Å². The molecule has 0 aromatic rings. The molecule has 4 aliphatic carbocycles. The average molecular weight is 1220 g/mol. The van der Waals surface area contributed by atoms with E-state index in [1.807, 2.05) is 62.3 Å². The molecule has 0 N–H and O–H groups in total. The average Bonchev–Trinajstić information content (AvgIpc) is 1.60. The lowest BCUT2D eigenvalue weighted by molar-refractivity contribution is -0.185. The molecule has 0 aromatic carbocycles. The van der Waals surface area contributed by atoms with E-state index < -0.39 is 82.0 Å². The van der Waals surface area contributed by atoms with Crippen LogP contribution in [0.2, 0.25) is 0 Å². The van der Waals surface area contributed by atoms with Crippen LogP contribution in [-0.4, -0.2) is 158 Å². The third-order valence-electron chi connectivity index (χ3n) is 20.9. The summed E-state index contributed by atoms with van der Waals surface area (Å²) in [7, 11) is 0. The quantitative estimate of drug-likeness (QED) is 0.116. The molecule has 8 bridgehead atoms. The molecule has 24 nitrogen and oxygen atoms in total. The summed E-state index contributed by atoms with van der Waals surface area (Å²) in [4.78, 5) is 130. The van der Waals surface area contributed by atoms with Crippen LogP contribution >= 0.6 is 0 Å². The van der Waals surface area contributed by atoms with Crippen molar-refractivity contribution in [3.8, 4) is 0 Å². The number of esters is 11. The van der Waals surface area contributed by atoms with E-state index >= 15 is 0 Å². The largest absolute Gasteiger partial charge is 0.465 e. The van der Waals surface area contributed by atoms with Gasteiger partial charge in [-0.25, -0.2) is 9.59 Å². The first kappa shape index (κ1) is 64.6. The molecule has 20 atom stereocenters. The maximum absolute atomic E-state index is 12.3. The summed E-state index contributed by atoms with van der Waals surface area (Å²) >= 11 is 0.